The molecule has 1 aromatic rings. The van der Waals surface area contributed by atoms with E-state index in [-0.39, 0.29) is 23.8 Å². The third kappa shape index (κ3) is 4.81. The number of carbonyl (C=O) groups excluding carboxylic acids is 2. The predicted octanol–water partition coefficient (Wildman–Crippen LogP) is 2.20. The summed E-state index contributed by atoms with van der Waals surface area (Å²) in [7, 11) is 0. The third-order valence-electron chi connectivity index (χ3n) is 3.84. The Labute approximate surface area is 135 Å². The molecule has 1 aliphatic rings. The summed E-state index contributed by atoms with van der Waals surface area (Å²) in [4.78, 5) is 27.2. The van der Waals surface area contributed by atoms with Gasteiger partial charge in [-0.15, -0.1) is 11.3 Å². The number of hydrogen-bond donors (Lipinski definition) is 1. The van der Waals surface area contributed by atoms with E-state index in [0.29, 0.717) is 19.7 Å². The van der Waals surface area contributed by atoms with Crippen molar-refractivity contribution in [3.63, 3.8) is 0 Å². The standard InChI is InChI=1S/C16H24N2O3S/c1-3-21-16(20)13-6-4-8-18(10-13)11-15(19)17-12(2)14-7-5-9-22-14/h5,7,9,12-13H,3-4,6,8,10-11H2,1-2H3,(H,17,19). The molecule has 1 fully saturated rings. The van der Waals surface area contributed by atoms with Crippen molar-refractivity contribution in [1.29, 1.82) is 0 Å². The van der Waals surface area contributed by atoms with Crippen LogP contribution in [0.5, 0.6) is 0 Å². The van der Waals surface area contributed by atoms with E-state index in [1.54, 1.807) is 11.3 Å². The van der Waals surface area contributed by atoms with Gasteiger partial charge in [-0.2, -0.15) is 0 Å². The first kappa shape index (κ1) is 17.0. The Morgan fingerprint density at radius 2 is 2.36 bits per heavy atom. The summed E-state index contributed by atoms with van der Waals surface area (Å²) in [5.74, 6) is -0.235. The van der Waals surface area contributed by atoms with Crippen molar-refractivity contribution in [3.8, 4) is 0 Å². The molecule has 0 aliphatic carbocycles. The van der Waals surface area contributed by atoms with Crippen LogP contribution in [0.3, 0.4) is 0 Å². The van der Waals surface area contributed by atoms with Gasteiger partial charge in [0.1, 0.15) is 0 Å². The number of piperidine rings is 1. The number of esters is 1. The van der Waals surface area contributed by atoms with Gasteiger partial charge in [-0.3, -0.25) is 14.5 Å². The molecule has 0 radical (unpaired) electrons. The molecule has 0 aromatic carbocycles. The van der Waals surface area contributed by atoms with Crippen LogP contribution in [-0.4, -0.2) is 43.0 Å². The topological polar surface area (TPSA) is 58.6 Å². The molecule has 1 saturated heterocycles. The molecular formula is C16H24N2O3S. The van der Waals surface area contributed by atoms with E-state index < -0.39 is 0 Å². The van der Waals surface area contributed by atoms with Gasteiger partial charge in [0.25, 0.3) is 0 Å². The summed E-state index contributed by atoms with van der Waals surface area (Å²) in [5, 5.41) is 5.02. The lowest BCUT2D eigenvalue weighted by Crippen LogP contribution is -2.44. The minimum atomic E-state index is -0.139. The highest BCUT2D eigenvalue weighted by atomic mass is 32.1. The Balaban J connectivity index is 1.79. The number of ether oxygens (including phenoxy) is 1. The average Bonchev–Trinajstić information content (AvgIpc) is 3.02. The van der Waals surface area contributed by atoms with Crippen LogP contribution in [0, 0.1) is 5.92 Å². The molecular weight excluding hydrogens is 300 g/mol. The summed E-state index contributed by atoms with van der Waals surface area (Å²) in [6, 6.07) is 4.03. The molecule has 0 bridgehead atoms. The maximum absolute atomic E-state index is 12.2. The van der Waals surface area contributed by atoms with Gasteiger partial charge in [0, 0.05) is 11.4 Å². The van der Waals surface area contributed by atoms with E-state index in [1.165, 1.54) is 0 Å². The third-order valence-corrected chi connectivity index (χ3v) is 4.90. The van der Waals surface area contributed by atoms with Gasteiger partial charge >= 0.3 is 5.97 Å². The number of nitrogens with zero attached hydrogens (tertiary/aromatic N) is 1. The highest BCUT2D eigenvalue weighted by Gasteiger charge is 2.27. The van der Waals surface area contributed by atoms with E-state index in [0.717, 1.165) is 24.3 Å². The zero-order valence-corrected chi connectivity index (χ0v) is 14.0. The molecule has 2 atom stereocenters. The quantitative estimate of drug-likeness (QED) is 0.815. The Morgan fingerprint density at radius 3 is 3.05 bits per heavy atom. The smallest absolute Gasteiger partial charge is 0.310 e. The van der Waals surface area contributed by atoms with Crippen LogP contribution < -0.4 is 5.32 Å². The van der Waals surface area contributed by atoms with Gasteiger partial charge in [0.05, 0.1) is 25.1 Å². The molecule has 1 aromatic heterocycles. The van der Waals surface area contributed by atoms with Crippen molar-refractivity contribution in [2.45, 2.75) is 32.7 Å². The first-order valence-electron chi connectivity index (χ1n) is 7.82. The highest BCUT2D eigenvalue weighted by molar-refractivity contribution is 7.10. The van der Waals surface area contributed by atoms with E-state index in [4.69, 9.17) is 4.74 Å². The van der Waals surface area contributed by atoms with Crippen LogP contribution in [0.15, 0.2) is 17.5 Å². The minimum Gasteiger partial charge on any atom is -0.466 e. The largest absolute Gasteiger partial charge is 0.466 e. The Hall–Kier alpha value is -1.40. The molecule has 6 heteroatoms. The second-order valence-electron chi connectivity index (χ2n) is 5.63. The van der Waals surface area contributed by atoms with E-state index in [1.807, 2.05) is 36.3 Å². The van der Waals surface area contributed by atoms with Crippen molar-refractivity contribution in [2.24, 2.45) is 5.92 Å². The van der Waals surface area contributed by atoms with Crippen LogP contribution in [-0.2, 0) is 14.3 Å². The van der Waals surface area contributed by atoms with E-state index in [2.05, 4.69) is 5.32 Å². The molecule has 5 nitrogen and oxygen atoms in total. The van der Waals surface area contributed by atoms with Crippen molar-refractivity contribution >= 4 is 23.2 Å². The number of likely N-dealkylation sites (tertiary alicyclic amines) is 1. The number of carbonyl (C=O) groups is 2. The second-order valence-corrected chi connectivity index (χ2v) is 6.61. The van der Waals surface area contributed by atoms with Crippen molar-refractivity contribution in [1.82, 2.24) is 10.2 Å². The summed E-state index contributed by atoms with van der Waals surface area (Å²) >= 11 is 1.64. The summed E-state index contributed by atoms with van der Waals surface area (Å²) in [6.07, 6.45) is 1.78. The number of amides is 1. The summed E-state index contributed by atoms with van der Waals surface area (Å²) in [5.41, 5.74) is 0. The van der Waals surface area contributed by atoms with E-state index >= 15 is 0 Å². The molecule has 1 amide bonds. The number of rotatable bonds is 6. The van der Waals surface area contributed by atoms with Crippen LogP contribution in [0.25, 0.3) is 0 Å². The fourth-order valence-corrected chi connectivity index (χ4v) is 3.49. The van der Waals surface area contributed by atoms with Gasteiger partial charge in [-0.25, -0.2) is 0 Å². The normalized spacial score (nSPS) is 20.4. The molecule has 1 aliphatic heterocycles. The summed E-state index contributed by atoms with van der Waals surface area (Å²) < 4.78 is 5.08. The molecule has 122 valence electrons. The second kappa shape index (κ2) is 8.29. The molecule has 22 heavy (non-hydrogen) atoms. The lowest BCUT2D eigenvalue weighted by molar-refractivity contribution is -0.150. The minimum absolute atomic E-state index is 0.00501. The van der Waals surface area contributed by atoms with Crippen LogP contribution in [0.1, 0.15) is 37.6 Å². The Morgan fingerprint density at radius 1 is 1.55 bits per heavy atom. The van der Waals surface area contributed by atoms with Gasteiger partial charge in [-0.05, 0) is 44.7 Å². The Bertz CT molecular complexity index is 490. The van der Waals surface area contributed by atoms with Crippen molar-refractivity contribution < 1.29 is 14.3 Å². The monoisotopic (exact) mass is 324 g/mol. The average molecular weight is 324 g/mol. The molecule has 0 saturated carbocycles. The van der Waals surface area contributed by atoms with Crippen molar-refractivity contribution in [3.05, 3.63) is 22.4 Å². The molecule has 2 heterocycles. The maximum atomic E-state index is 12.2. The number of thiophene rings is 1. The first-order valence-corrected chi connectivity index (χ1v) is 8.70. The molecule has 1 N–H and O–H groups in total. The first-order chi connectivity index (χ1) is 10.6. The lowest BCUT2D eigenvalue weighted by Gasteiger charge is -2.31. The molecule has 2 rings (SSSR count). The lowest BCUT2D eigenvalue weighted by atomic mass is 9.98. The van der Waals surface area contributed by atoms with E-state index in [9.17, 15) is 9.59 Å². The Kier molecular flexibility index (Phi) is 6.39. The van der Waals surface area contributed by atoms with Gasteiger partial charge in [0.2, 0.25) is 5.91 Å². The highest BCUT2D eigenvalue weighted by Crippen LogP contribution is 2.19. The van der Waals surface area contributed by atoms with Gasteiger partial charge in [0.15, 0.2) is 0 Å². The summed E-state index contributed by atoms with van der Waals surface area (Å²) in [6.45, 7) is 6.02. The zero-order chi connectivity index (χ0) is 15.9. The van der Waals surface area contributed by atoms with Crippen molar-refractivity contribution in [2.75, 3.05) is 26.2 Å². The maximum Gasteiger partial charge on any atom is 0.310 e. The molecule has 0 spiro atoms. The molecule has 2 unspecified atom stereocenters. The zero-order valence-electron chi connectivity index (χ0n) is 13.2. The SMILES string of the molecule is CCOC(=O)C1CCCN(CC(=O)NC(C)c2cccs2)C1. The van der Waals surface area contributed by atoms with Crippen LogP contribution in [0.2, 0.25) is 0 Å². The van der Waals surface area contributed by atoms with Crippen LogP contribution >= 0.6 is 11.3 Å². The fourth-order valence-electron chi connectivity index (χ4n) is 2.75. The fraction of sp³-hybridized carbons (Fsp3) is 0.625. The van der Waals surface area contributed by atoms with Gasteiger partial charge < -0.3 is 10.1 Å². The van der Waals surface area contributed by atoms with Crippen LogP contribution in [0.4, 0.5) is 0 Å². The number of hydrogen-bond acceptors (Lipinski definition) is 5. The van der Waals surface area contributed by atoms with Gasteiger partial charge in [-0.1, -0.05) is 6.07 Å². The predicted molar refractivity (Wildman–Crippen MR) is 86.7 cm³/mol. The number of nitrogens with one attached hydrogen (secondary N) is 1.